The predicted octanol–water partition coefficient (Wildman–Crippen LogP) is 3.17. The number of rotatable bonds is 5. The number of benzene rings is 2. The van der Waals surface area contributed by atoms with Crippen LogP contribution in [0.25, 0.3) is 0 Å². The summed E-state index contributed by atoms with van der Waals surface area (Å²) in [5, 5.41) is 2.37. The summed E-state index contributed by atoms with van der Waals surface area (Å²) in [5.41, 5.74) is 2.44. The van der Waals surface area contributed by atoms with E-state index in [1.165, 1.54) is 19.2 Å². The number of nitrogens with zero attached hydrogens (tertiary/aromatic N) is 1. The summed E-state index contributed by atoms with van der Waals surface area (Å²) in [4.78, 5) is 25.0. The molecule has 1 saturated heterocycles. The first-order chi connectivity index (χ1) is 13.0. The molecule has 0 saturated carbocycles. The van der Waals surface area contributed by atoms with Crippen molar-refractivity contribution in [2.75, 3.05) is 18.5 Å². The van der Waals surface area contributed by atoms with Crippen molar-refractivity contribution >= 4 is 17.7 Å². The van der Waals surface area contributed by atoms with Crippen LogP contribution in [0.3, 0.4) is 0 Å². The van der Waals surface area contributed by atoms with E-state index in [9.17, 15) is 14.0 Å². The van der Waals surface area contributed by atoms with E-state index < -0.39 is 12.2 Å². The van der Waals surface area contributed by atoms with Gasteiger partial charge in [-0.3, -0.25) is 4.79 Å². The molecule has 1 aliphatic rings. The van der Waals surface area contributed by atoms with Crippen LogP contribution in [-0.4, -0.2) is 31.7 Å². The molecule has 0 aromatic heterocycles. The zero-order valence-corrected chi connectivity index (χ0v) is 15.2. The van der Waals surface area contributed by atoms with Gasteiger partial charge in [0.15, 0.2) is 0 Å². The van der Waals surface area contributed by atoms with Crippen molar-refractivity contribution in [2.24, 2.45) is 0 Å². The Labute approximate surface area is 156 Å². The smallest absolute Gasteiger partial charge is 0.407 e. The molecule has 1 unspecified atom stereocenters. The van der Waals surface area contributed by atoms with Gasteiger partial charge in [-0.25, -0.2) is 9.18 Å². The van der Waals surface area contributed by atoms with Gasteiger partial charge in [-0.1, -0.05) is 6.07 Å². The number of carbonyl (C=O) groups is 2. The molecule has 1 fully saturated rings. The average Bonchev–Trinajstić information content (AvgIpc) is 3.02. The van der Waals surface area contributed by atoms with Crippen molar-refractivity contribution in [1.29, 1.82) is 0 Å². The van der Waals surface area contributed by atoms with Gasteiger partial charge in [0.1, 0.15) is 24.3 Å². The van der Waals surface area contributed by atoms with E-state index in [1.54, 1.807) is 35.2 Å². The van der Waals surface area contributed by atoms with E-state index in [1.807, 2.05) is 6.92 Å². The van der Waals surface area contributed by atoms with Crippen LogP contribution in [0.4, 0.5) is 14.9 Å². The van der Waals surface area contributed by atoms with Crippen LogP contribution in [0.5, 0.6) is 5.75 Å². The Morgan fingerprint density at radius 3 is 2.70 bits per heavy atom. The third-order valence-electron chi connectivity index (χ3n) is 4.42. The minimum atomic E-state index is -0.550. The molecule has 27 heavy (non-hydrogen) atoms. The van der Waals surface area contributed by atoms with Crippen molar-refractivity contribution in [2.45, 2.75) is 26.1 Å². The lowest BCUT2D eigenvalue weighted by molar-refractivity contribution is -0.117. The van der Waals surface area contributed by atoms with Crippen LogP contribution >= 0.6 is 0 Å². The van der Waals surface area contributed by atoms with Gasteiger partial charge in [0, 0.05) is 12.7 Å². The fraction of sp³-hybridized carbons (Fsp3) is 0.300. The first-order valence-electron chi connectivity index (χ1n) is 8.63. The number of anilines is 1. The molecule has 0 spiro atoms. The molecule has 2 aromatic rings. The highest BCUT2D eigenvalue weighted by Crippen LogP contribution is 2.26. The Bertz CT molecular complexity index is 838. The maximum atomic E-state index is 13.3. The molecule has 2 amide bonds. The monoisotopic (exact) mass is 372 g/mol. The number of hydrogen-bond donors (Lipinski definition) is 1. The fourth-order valence-corrected chi connectivity index (χ4v) is 2.89. The molecule has 1 N–H and O–H groups in total. The summed E-state index contributed by atoms with van der Waals surface area (Å²) in [5.74, 6) is 0.218. The third-order valence-corrected chi connectivity index (χ3v) is 4.42. The van der Waals surface area contributed by atoms with Crippen LogP contribution in [0.2, 0.25) is 0 Å². The van der Waals surface area contributed by atoms with E-state index in [2.05, 4.69) is 5.32 Å². The second-order valence-electron chi connectivity index (χ2n) is 6.34. The number of halogens is 1. The van der Waals surface area contributed by atoms with E-state index in [4.69, 9.17) is 9.47 Å². The number of ether oxygens (including phenoxy) is 2. The molecule has 6 nitrogen and oxygen atoms in total. The summed E-state index contributed by atoms with van der Waals surface area (Å²) in [6.45, 7) is 2.47. The molecular weight excluding hydrogens is 351 g/mol. The largest absolute Gasteiger partial charge is 0.489 e. The highest BCUT2D eigenvalue weighted by Gasteiger charge is 2.33. The number of aryl methyl sites for hydroxylation is 1. The number of amides is 2. The van der Waals surface area contributed by atoms with E-state index in [0.29, 0.717) is 18.0 Å². The summed E-state index contributed by atoms with van der Waals surface area (Å²) in [7, 11) is 1.47. The molecule has 3 rings (SSSR count). The van der Waals surface area contributed by atoms with Gasteiger partial charge in [0.05, 0.1) is 13.0 Å². The third kappa shape index (κ3) is 4.55. The molecule has 1 aliphatic heterocycles. The summed E-state index contributed by atoms with van der Waals surface area (Å²) >= 11 is 0. The van der Waals surface area contributed by atoms with Crippen molar-refractivity contribution in [3.63, 3.8) is 0 Å². The Kier molecular flexibility index (Phi) is 5.59. The average molecular weight is 372 g/mol. The lowest BCUT2D eigenvalue weighted by atomic mass is 10.1. The van der Waals surface area contributed by atoms with Crippen molar-refractivity contribution < 1.29 is 23.5 Å². The van der Waals surface area contributed by atoms with Crippen molar-refractivity contribution in [3.05, 3.63) is 59.4 Å². The molecule has 1 heterocycles. The minimum Gasteiger partial charge on any atom is -0.489 e. The topological polar surface area (TPSA) is 67.9 Å². The number of hydrogen-bond acceptors (Lipinski definition) is 4. The van der Waals surface area contributed by atoms with Crippen LogP contribution < -0.4 is 15.0 Å². The summed E-state index contributed by atoms with van der Waals surface area (Å²) in [6.07, 6.45) is -0.861. The summed E-state index contributed by atoms with van der Waals surface area (Å²) in [6, 6.07) is 11.6. The maximum Gasteiger partial charge on any atom is 0.407 e. The van der Waals surface area contributed by atoms with Gasteiger partial charge < -0.3 is 19.7 Å². The van der Waals surface area contributed by atoms with Crippen molar-refractivity contribution in [3.8, 4) is 5.75 Å². The first-order valence-corrected chi connectivity index (χ1v) is 8.63. The van der Waals surface area contributed by atoms with E-state index in [0.717, 1.165) is 11.1 Å². The molecule has 0 bridgehead atoms. The van der Waals surface area contributed by atoms with Gasteiger partial charge in [-0.15, -0.1) is 0 Å². The van der Waals surface area contributed by atoms with Crippen molar-refractivity contribution in [1.82, 2.24) is 5.32 Å². The van der Waals surface area contributed by atoms with Crippen LogP contribution in [-0.2, 0) is 16.1 Å². The highest BCUT2D eigenvalue weighted by atomic mass is 19.1. The number of alkyl carbamates (subject to hydrolysis) is 1. The molecule has 2 aromatic carbocycles. The molecule has 0 aliphatic carbocycles. The quantitative estimate of drug-likeness (QED) is 0.875. The van der Waals surface area contributed by atoms with Gasteiger partial charge in [-0.05, 0) is 54.4 Å². The van der Waals surface area contributed by atoms with Gasteiger partial charge >= 0.3 is 6.09 Å². The van der Waals surface area contributed by atoms with E-state index >= 15 is 0 Å². The predicted molar refractivity (Wildman–Crippen MR) is 98.2 cm³/mol. The highest BCUT2D eigenvalue weighted by molar-refractivity contribution is 5.96. The number of carbonyl (C=O) groups excluding carboxylic acids is 2. The Morgan fingerprint density at radius 1 is 1.26 bits per heavy atom. The second-order valence-corrected chi connectivity index (χ2v) is 6.34. The molecule has 7 heteroatoms. The van der Waals surface area contributed by atoms with Crippen LogP contribution in [0.15, 0.2) is 42.5 Å². The van der Waals surface area contributed by atoms with E-state index in [-0.39, 0.29) is 24.8 Å². The van der Waals surface area contributed by atoms with Gasteiger partial charge in [0.25, 0.3) is 0 Å². The zero-order valence-electron chi connectivity index (χ0n) is 15.2. The van der Waals surface area contributed by atoms with Crippen LogP contribution in [0, 0.1) is 12.7 Å². The molecule has 0 radical (unpaired) electrons. The fourth-order valence-electron chi connectivity index (χ4n) is 2.89. The van der Waals surface area contributed by atoms with Crippen LogP contribution in [0.1, 0.15) is 17.5 Å². The normalized spacial score (nSPS) is 16.3. The van der Waals surface area contributed by atoms with Gasteiger partial charge in [-0.2, -0.15) is 0 Å². The number of nitrogens with one attached hydrogen (secondary N) is 1. The lowest BCUT2D eigenvalue weighted by Gasteiger charge is -2.17. The molecular formula is C20H21FN2O4. The second kappa shape index (κ2) is 8.07. The Morgan fingerprint density at radius 2 is 2.00 bits per heavy atom. The molecule has 1 atom stereocenters. The SMILES string of the molecule is CNC(=O)OC1CC(=O)N(c2ccc(OCc3cc(F)ccc3C)cc2)C1. The lowest BCUT2D eigenvalue weighted by Crippen LogP contribution is -2.29. The maximum absolute atomic E-state index is 13.3. The summed E-state index contributed by atoms with van der Waals surface area (Å²) < 4.78 is 24.2. The molecule has 142 valence electrons. The Balaban J connectivity index is 1.61. The van der Waals surface area contributed by atoms with Gasteiger partial charge in [0.2, 0.25) is 5.91 Å². The minimum absolute atomic E-state index is 0.104. The standard InChI is InChI=1S/C20H21FN2O4/c1-13-3-4-15(21)9-14(13)12-26-17-7-5-16(6-8-17)23-11-18(10-19(23)24)27-20(25)22-2/h3-9,18H,10-12H2,1-2H3,(H,22,25). The first kappa shape index (κ1) is 18.7. The Hall–Kier alpha value is -3.09. The zero-order chi connectivity index (χ0) is 19.4.